The molecule has 3 nitrogen and oxygen atoms in total. The van der Waals surface area contributed by atoms with Gasteiger partial charge in [0.05, 0.1) is 0 Å². The molecule has 0 heterocycles. The van der Waals surface area contributed by atoms with Crippen molar-refractivity contribution in [2.75, 3.05) is 20.1 Å². The molecule has 0 aromatic rings. The lowest BCUT2D eigenvalue weighted by atomic mass is 9.69. The molecule has 1 amide bonds. The fourth-order valence-corrected chi connectivity index (χ4v) is 2.96. The Bertz CT molecular complexity index is 262. The number of carbonyl (C=O) groups is 1. The Kier molecular flexibility index (Phi) is 5.64. The van der Waals surface area contributed by atoms with Crippen molar-refractivity contribution < 1.29 is 4.79 Å². The molecule has 0 saturated heterocycles. The van der Waals surface area contributed by atoms with E-state index in [0.29, 0.717) is 17.9 Å². The van der Waals surface area contributed by atoms with E-state index in [1.54, 1.807) is 0 Å². The number of hydrogen-bond acceptors (Lipinski definition) is 2. The van der Waals surface area contributed by atoms with Gasteiger partial charge in [-0.25, -0.2) is 0 Å². The zero-order chi connectivity index (χ0) is 13.8. The first-order chi connectivity index (χ1) is 8.36. The highest BCUT2D eigenvalue weighted by atomic mass is 16.2. The molecule has 0 unspecified atom stereocenters. The van der Waals surface area contributed by atoms with E-state index >= 15 is 0 Å². The van der Waals surface area contributed by atoms with Crippen molar-refractivity contribution in [3.05, 3.63) is 0 Å². The predicted octanol–water partition coefficient (Wildman–Crippen LogP) is 2.65. The minimum absolute atomic E-state index is 0.256. The summed E-state index contributed by atoms with van der Waals surface area (Å²) in [7, 11) is 1.91. The summed E-state index contributed by atoms with van der Waals surface area (Å²) in [6.45, 7) is 8.40. The second-order valence-corrected chi connectivity index (χ2v) is 6.82. The van der Waals surface area contributed by atoms with Gasteiger partial charge in [0.15, 0.2) is 0 Å². The van der Waals surface area contributed by atoms with E-state index in [2.05, 4.69) is 20.8 Å². The first-order valence-corrected chi connectivity index (χ1v) is 7.31. The maximum absolute atomic E-state index is 12.2. The van der Waals surface area contributed by atoms with Gasteiger partial charge in [-0.3, -0.25) is 4.79 Å². The van der Waals surface area contributed by atoms with Crippen LogP contribution in [0.4, 0.5) is 0 Å². The average molecular weight is 254 g/mol. The SMILES string of the molecule is CN(CCCN)C(=O)C1CCC(C(C)(C)C)CC1. The minimum Gasteiger partial charge on any atom is -0.345 e. The normalized spacial score (nSPS) is 24.9. The minimum atomic E-state index is 0.256. The van der Waals surface area contributed by atoms with Crippen LogP contribution in [-0.2, 0) is 4.79 Å². The number of rotatable bonds is 4. The highest BCUT2D eigenvalue weighted by molar-refractivity contribution is 5.78. The number of nitrogens with zero attached hydrogens (tertiary/aromatic N) is 1. The standard InChI is InChI=1S/C15H30N2O/c1-15(2,3)13-8-6-12(7-9-13)14(18)17(4)11-5-10-16/h12-13H,5-11,16H2,1-4H3. The largest absolute Gasteiger partial charge is 0.345 e. The van der Waals surface area contributed by atoms with E-state index in [4.69, 9.17) is 5.73 Å². The Labute approximate surface area is 112 Å². The molecule has 0 spiro atoms. The lowest BCUT2D eigenvalue weighted by molar-refractivity contribution is -0.135. The Balaban J connectivity index is 2.40. The highest BCUT2D eigenvalue weighted by Crippen LogP contribution is 2.40. The fraction of sp³-hybridized carbons (Fsp3) is 0.933. The second-order valence-electron chi connectivity index (χ2n) is 6.82. The number of carbonyl (C=O) groups excluding carboxylic acids is 1. The summed E-state index contributed by atoms with van der Waals surface area (Å²) < 4.78 is 0. The second kappa shape index (κ2) is 6.55. The Morgan fingerprint density at radius 2 is 1.78 bits per heavy atom. The first-order valence-electron chi connectivity index (χ1n) is 7.31. The molecule has 0 atom stereocenters. The van der Waals surface area contributed by atoms with E-state index in [1.165, 1.54) is 12.8 Å². The third-order valence-electron chi connectivity index (χ3n) is 4.38. The van der Waals surface area contributed by atoms with Crippen LogP contribution in [0.2, 0.25) is 0 Å². The third-order valence-corrected chi connectivity index (χ3v) is 4.38. The van der Waals surface area contributed by atoms with Crippen molar-refractivity contribution in [2.45, 2.75) is 52.9 Å². The Hall–Kier alpha value is -0.570. The molecule has 0 bridgehead atoms. The van der Waals surface area contributed by atoms with Gasteiger partial charge >= 0.3 is 0 Å². The highest BCUT2D eigenvalue weighted by Gasteiger charge is 2.33. The van der Waals surface area contributed by atoms with Crippen LogP contribution in [-0.4, -0.2) is 30.9 Å². The average Bonchev–Trinajstić information content (AvgIpc) is 2.34. The van der Waals surface area contributed by atoms with Gasteiger partial charge in [0.2, 0.25) is 5.91 Å². The summed E-state index contributed by atoms with van der Waals surface area (Å²) in [5.41, 5.74) is 5.87. The van der Waals surface area contributed by atoms with Crippen LogP contribution in [0.5, 0.6) is 0 Å². The van der Waals surface area contributed by atoms with Crippen LogP contribution >= 0.6 is 0 Å². The van der Waals surface area contributed by atoms with E-state index < -0.39 is 0 Å². The molecule has 2 N–H and O–H groups in total. The molecule has 1 rings (SSSR count). The number of nitrogens with two attached hydrogens (primary N) is 1. The summed E-state index contributed by atoms with van der Waals surface area (Å²) >= 11 is 0. The van der Waals surface area contributed by atoms with Crippen molar-refractivity contribution in [1.82, 2.24) is 4.90 Å². The van der Waals surface area contributed by atoms with E-state index in [0.717, 1.165) is 31.7 Å². The van der Waals surface area contributed by atoms with Crippen LogP contribution in [0.1, 0.15) is 52.9 Å². The maximum Gasteiger partial charge on any atom is 0.225 e. The monoisotopic (exact) mass is 254 g/mol. The van der Waals surface area contributed by atoms with Crippen molar-refractivity contribution >= 4 is 5.91 Å². The van der Waals surface area contributed by atoms with E-state index in [-0.39, 0.29) is 5.92 Å². The van der Waals surface area contributed by atoms with Gasteiger partial charge < -0.3 is 10.6 Å². The molecule has 106 valence electrons. The topological polar surface area (TPSA) is 46.3 Å². The van der Waals surface area contributed by atoms with Crippen LogP contribution in [0.3, 0.4) is 0 Å². The van der Waals surface area contributed by atoms with Gasteiger partial charge in [-0.2, -0.15) is 0 Å². The van der Waals surface area contributed by atoms with Gasteiger partial charge in [0, 0.05) is 19.5 Å². The van der Waals surface area contributed by atoms with Crippen molar-refractivity contribution in [3.8, 4) is 0 Å². The summed E-state index contributed by atoms with van der Waals surface area (Å²) in [6, 6.07) is 0. The Morgan fingerprint density at radius 3 is 2.22 bits per heavy atom. The van der Waals surface area contributed by atoms with Crippen molar-refractivity contribution in [1.29, 1.82) is 0 Å². The lowest BCUT2D eigenvalue weighted by Gasteiger charge is -2.37. The zero-order valence-electron chi connectivity index (χ0n) is 12.5. The lowest BCUT2D eigenvalue weighted by Crippen LogP contribution is -2.37. The predicted molar refractivity (Wildman–Crippen MR) is 76.2 cm³/mol. The van der Waals surface area contributed by atoms with E-state index in [9.17, 15) is 4.79 Å². The maximum atomic E-state index is 12.2. The van der Waals surface area contributed by atoms with Gasteiger partial charge in [-0.1, -0.05) is 20.8 Å². The van der Waals surface area contributed by atoms with Gasteiger partial charge in [-0.05, 0) is 50.0 Å². The molecule has 1 fully saturated rings. The van der Waals surface area contributed by atoms with E-state index in [1.807, 2.05) is 11.9 Å². The molecule has 1 saturated carbocycles. The molecule has 0 aromatic heterocycles. The smallest absolute Gasteiger partial charge is 0.225 e. The first kappa shape index (κ1) is 15.5. The Morgan fingerprint density at radius 1 is 1.22 bits per heavy atom. The van der Waals surface area contributed by atoms with Crippen LogP contribution in [0, 0.1) is 17.3 Å². The fourth-order valence-electron chi connectivity index (χ4n) is 2.96. The van der Waals surface area contributed by atoms with Crippen LogP contribution in [0.15, 0.2) is 0 Å². The zero-order valence-corrected chi connectivity index (χ0v) is 12.5. The van der Waals surface area contributed by atoms with Crippen LogP contribution in [0.25, 0.3) is 0 Å². The molecule has 3 heteroatoms. The van der Waals surface area contributed by atoms with Crippen molar-refractivity contribution in [2.24, 2.45) is 23.0 Å². The summed E-state index contributed by atoms with van der Waals surface area (Å²) in [5.74, 6) is 1.36. The summed E-state index contributed by atoms with van der Waals surface area (Å²) in [5, 5.41) is 0. The molecular weight excluding hydrogens is 224 g/mol. The van der Waals surface area contributed by atoms with Crippen LogP contribution < -0.4 is 5.73 Å². The quantitative estimate of drug-likeness (QED) is 0.838. The molecule has 0 radical (unpaired) electrons. The molecule has 0 aromatic carbocycles. The van der Waals surface area contributed by atoms with Gasteiger partial charge in [0.1, 0.15) is 0 Å². The van der Waals surface area contributed by atoms with Crippen molar-refractivity contribution in [3.63, 3.8) is 0 Å². The van der Waals surface area contributed by atoms with Gasteiger partial charge in [0.25, 0.3) is 0 Å². The molecule has 1 aliphatic rings. The summed E-state index contributed by atoms with van der Waals surface area (Å²) in [4.78, 5) is 14.1. The van der Waals surface area contributed by atoms with Gasteiger partial charge in [-0.15, -0.1) is 0 Å². The molecule has 18 heavy (non-hydrogen) atoms. The molecule has 1 aliphatic carbocycles. The number of amides is 1. The molecule has 0 aliphatic heterocycles. The third kappa shape index (κ3) is 4.27. The summed E-state index contributed by atoms with van der Waals surface area (Å²) in [6.07, 6.45) is 5.43. The molecular formula is C15H30N2O. The number of hydrogen-bond donors (Lipinski definition) is 1.